The lowest BCUT2D eigenvalue weighted by atomic mass is 9.94. The van der Waals surface area contributed by atoms with E-state index in [9.17, 15) is 19.7 Å². The van der Waals surface area contributed by atoms with Gasteiger partial charge in [0, 0.05) is 11.6 Å². The van der Waals surface area contributed by atoms with Crippen molar-refractivity contribution in [2.75, 3.05) is 6.61 Å². The molecule has 0 N–H and O–H groups in total. The normalized spacial score (nSPS) is 14.8. The molecule has 208 valence electrons. The number of thiazole rings is 1. The van der Waals surface area contributed by atoms with Crippen LogP contribution in [0, 0.1) is 17.0 Å². The van der Waals surface area contributed by atoms with E-state index in [0.29, 0.717) is 38.5 Å². The summed E-state index contributed by atoms with van der Waals surface area (Å²) >= 11 is 1.19. The van der Waals surface area contributed by atoms with Crippen molar-refractivity contribution in [3.05, 3.63) is 136 Å². The van der Waals surface area contributed by atoms with Gasteiger partial charge in [-0.25, -0.2) is 9.79 Å². The molecule has 0 saturated heterocycles. The number of carbonyl (C=O) groups is 1. The molecule has 0 unspecified atom stereocenters. The number of benzene rings is 3. The fourth-order valence-electron chi connectivity index (χ4n) is 4.65. The van der Waals surface area contributed by atoms with Crippen molar-refractivity contribution < 1.29 is 19.2 Å². The number of nitrogens with zero attached hydrogens (tertiary/aromatic N) is 3. The lowest BCUT2D eigenvalue weighted by Crippen LogP contribution is -2.40. The van der Waals surface area contributed by atoms with Crippen LogP contribution in [0.2, 0.25) is 0 Å². The van der Waals surface area contributed by atoms with Crippen molar-refractivity contribution >= 4 is 29.1 Å². The van der Waals surface area contributed by atoms with Gasteiger partial charge in [0.1, 0.15) is 12.4 Å². The van der Waals surface area contributed by atoms with Crippen molar-refractivity contribution in [1.82, 2.24) is 4.57 Å². The Hall–Kier alpha value is -4.83. The number of hydrogen-bond donors (Lipinski definition) is 0. The van der Waals surface area contributed by atoms with Gasteiger partial charge in [-0.3, -0.25) is 19.5 Å². The van der Waals surface area contributed by atoms with Crippen LogP contribution in [0.3, 0.4) is 0 Å². The van der Waals surface area contributed by atoms with Gasteiger partial charge in [-0.1, -0.05) is 65.9 Å². The molecular formula is C31H27N3O6S. The summed E-state index contributed by atoms with van der Waals surface area (Å²) in [6.07, 6.45) is 1.75. The Morgan fingerprint density at radius 2 is 1.83 bits per heavy atom. The van der Waals surface area contributed by atoms with Crippen LogP contribution in [0.5, 0.6) is 5.75 Å². The molecular weight excluding hydrogens is 542 g/mol. The van der Waals surface area contributed by atoms with Crippen LogP contribution in [-0.4, -0.2) is 22.1 Å². The second-order valence-corrected chi connectivity index (χ2v) is 10.5. The SMILES string of the molecule is CCOC(=O)C1=C(C)N=c2s/c(=C/c3ccc(OCc4ccccc4)cc3)c(=O)n2[C@H]1c1ccc(C)c([N+](=O)[O-])c1. The molecule has 2 heterocycles. The summed E-state index contributed by atoms with van der Waals surface area (Å²) in [5.74, 6) is 0.0745. The Balaban J connectivity index is 1.55. The number of esters is 1. The van der Waals surface area contributed by atoms with E-state index in [1.807, 2.05) is 54.6 Å². The van der Waals surface area contributed by atoms with Crippen molar-refractivity contribution in [2.24, 2.45) is 4.99 Å². The minimum atomic E-state index is -0.930. The van der Waals surface area contributed by atoms with E-state index >= 15 is 0 Å². The molecule has 1 aromatic heterocycles. The van der Waals surface area contributed by atoms with Crippen LogP contribution in [0.25, 0.3) is 6.08 Å². The number of nitro benzene ring substituents is 1. The Morgan fingerprint density at radius 3 is 2.51 bits per heavy atom. The number of carbonyl (C=O) groups excluding carboxylic acids is 1. The second kappa shape index (κ2) is 11.7. The minimum Gasteiger partial charge on any atom is -0.489 e. The van der Waals surface area contributed by atoms with Crippen LogP contribution < -0.4 is 19.6 Å². The summed E-state index contributed by atoms with van der Waals surface area (Å²) in [7, 11) is 0. The van der Waals surface area contributed by atoms with Crippen molar-refractivity contribution in [3.8, 4) is 5.75 Å². The smallest absolute Gasteiger partial charge is 0.338 e. The molecule has 0 aliphatic carbocycles. The quantitative estimate of drug-likeness (QED) is 0.174. The maximum absolute atomic E-state index is 13.8. The van der Waals surface area contributed by atoms with E-state index in [1.54, 1.807) is 39.0 Å². The van der Waals surface area contributed by atoms with Gasteiger partial charge in [0.2, 0.25) is 0 Å². The van der Waals surface area contributed by atoms with Gasteiger partial charge in [0.05, 0.1) is 33.4 Å². The zero-order valence-corrected chi connectivity index (χ0v) is 23.5. The van der Waals surface area contributed by atoms with E-state index in [-0.39, 0.29) is 23.4 Å². The highest BCUT2D eigenvalue weighted by Crippen LogP contribution is 2.33. The average molecular weight is 570 g/mol. The summed E-state index contributed by atoms with van der Waals surface area (Å²) in [6.45, 7) is 5.57. The lowest BCUT2D eigenvalue weighted by Gasteiger charge is -2.24. The summed E-state index contributed by atoms with van der Waals surface area (Å²) in [5.41, 5.74) is 2.84. The van der Waals surface area contributed by atoms with Crippen LogP contribution in [-0.2, 0) is 16.1 Å². The fraction of sp³-hybridized carbons (Fsp3) is 0.194. The Kier molecular flexibility index (Phi) is 7.93. The number of rotatable bonds is 8. The van der Waals surface area contributed by atoms with E-state index in [0.717, 1.165) is 11.1 Å². The van der Waals surface area contributed by atoms with Gasteiger partial charge >= 0.3 is 5.97 Å². The van der Waals surface area contributed by atoms with Gasteiger partial charge in [0.25, 0.3) is 11.2 Å². The van der Waals surface area contributed by atoms with E-state index in [1.165, 1.54) is 22.0 Å². The molecule has 0 fully saturated rings. The monoisotopic (exact) mass is 569 g/mol. The molecule has 0 spiro atoms. The highest BCUT2D eigenvalue weighted by atomic mass is 32.1. The zero-order valence-electron chi connectivity index (χ0n) is 22.7. The van der Waals surface area contributed by atoms with Crippen molar-refractivity contribution in [3.63, 3.8) is 0 Å². The number of aryl methyl sites for hydroxylation is 1. The van der Waals surface area contributed by atoms with Crippen molar-refractivity contribution in [1.29, 1.82) is 0 Å². The van der Waals surface area contributed by atoms with E-state index in [4.69, 9.17) is 9.47 Å². The first-order chi connectivity index (χ1) is 19.8. The molecule has 9 nitrogen and oxygen atoms in total. The van der Waals surface area contributed by atoms with Crippen LogP contribution in [0.4, 0.5) is 5.69 Å². The number of ether oxygens (including phenoxy) is 2. The lowest BCUT2D eigenvalue weighted by molar-refractivity contribution is -0.385. The first kappa shape index (κ1) is 27.7. The van der Waals surface area contributed by atoms with E-state index < -0.39 is 16.9 Å². The molecule has 1 aliphatic rings. The molecule has 0 saturated carbocycles. The molecule has 1 aliphatic heterocycles. The number of hydrogen-bond acceptors (Lipinski definition) is 8. The average Bonchev–Trinajstić information content (AvgIpc) is 3.26. The molecule has 41 heavy (non-hydrogen) atoms. The van der Waals surface area contributed by atoms with E-state index in [2.05, 4.69) is 4.99 Å². The third kappa shape index (κ3) is 5.73. The number of nitro groups is 1. The summed E-state index contributed by atoms with van der Waals surface area (Å²) in [6, 6.07) is 21.0. The zero-order chi connectivity index (χ0) is 29.1. The highest BCUT2D eigenvalue weighted by molar-refractivity contribution is 7.07. The highest BCUT2D eigenvalue weighted by Gasteiger charge is 2.34. The van der Waals surface area contributed by atoms with Gasteiger partial charge in [-0.05, 0) is 55.7 Å². The third-order valence-corrected chi connectivity index (χ3v) is 7.67. The number of aromatic nitrogens is 1. The summed E-state index contributed by atoms with van der Waals surface area (Å²) in [5, 5.41) is 11.7. The number of allylic oxidation sites excluding steroid dienone is 1. The topological polar surface area (TPSA) is 113 Å². The van der Waals surface area contributed by atoms with Gasteiger partial charge in [-0.15, -0.1) is 0 Å². The maximum atomic E-state index is 13.8. The second-order valence-electron chi connectivity index (χ2n) is 9.45. The van der Waals surface area contributed by atoms with Gasteiger partial charge < -0.3 is 9.47 Å². The molecule has 0 amide bonds. The van der Waals surface area contributed by atoms with Crippen LogP contribution in [0.1, 0.15) is 42.1 Å². The summed E-state index contributed by atoms with van der Waals surface area (Å²) < 4.78 is 13.0. The fourth-order valence-corrected chi connectivity index (χ4v) is 5.70. The standard InChI is InChI=1S/C31H27N3O6S/c1-4-39-30(36)27-20(3)32-31-33(28(27)23-13-10-19(2)25(17-23)34(37)38)29(35)26(41-31)16-21-11-14-24(15-12-21)40-18-22-8-6-5-7-9-22/h5-17,28H,4,18H2,1-3H3/b26-16+/t28-/m0/s1. The van der Waals surface area contributed by atoms with Crippen LogP contribution in [0.15, 0.2) is 93.9 Å². The molecule has 1 atom stereocenters. The Labute approximate surface area is 239 Å². The molecule has 3 aromatic carbocycles. The predicted molar refractivity (Wildman–Crippen MR) is 155 cm³/mol. The molecule has 0 radical (unpaired) electrons. The van der Waals surface area contributed by atoms with Gasteiger partial charge in [-0.2, -0.15) is 0 Å². The molecule has 5 rings (SSSR count). The molecule has 10 heteroatoms. The summed E-state index contributed by atoms with van der Waals surface area (Å²) in [4.78, 5) is 43.0. The first-order valence-electron chi connectivity index (χ1n) is 13.0. The number of fused-ring (bicyclic) bond motifs is 1. The van der Waals surface area contributed by atoms with Crippen LogP contribution >= 0.6 is 11.3 Å². The Bertz CT molecular complexity index is 1840. The third-order valence-electron chi connectivity index (χ3n) is 6.69. The minimum absolute atomic E-state index is 0.0999. The first-order valence-corrected chi connectivity index (χ1v) is 13.8. The molecule has 0 bridgehead atoms. The Morgan fingerprint density at radius 1 is 1.10 bits per heavy atom. The molecule has 4 aromatic rings. The maximum Gasteiger partial charge on any atom is 0.338 e. The van der Waals surface area contributed by atoms with Crippen molar-refractivity contribution in [2.45, 2.75) is 33.4 Å². The largest absolute Gasteiger partial charge is 0.489 e. The van der Waals surface area contributed by atoms with Gasteiger partial charge in [0.15, 0.2) is 4.80 Å². The predicted octanol–water partition coefficient (Wildman–Crippen LogP) is 4.59.